The summed E-state index contributed by atoms with van der Waals surface area (Å²) >= 11 is 0. The van der Waals surface area contributed by atoms with Gasteiger partial charge in [0.05, 0.1) is 0 Å². The van der Waals surface area contributed by atoms with E-state index < -0.39 is 0 Å². The van der Waals surface area contributed by atoms with Gasteiger partial charge in [0.25, 0.3) is 5.91 Å². The van der Waals surface area contributed by atoms with Gasteiger partial charge in [-0.1, -0.05) is 5.16 Å². The number of ether oxygens (including phenoxy) is 1. The first-order valence-electron chi connectivity index (χ1n) is 8.06. The highest BCUT2D eigenvalue weighted by atomic mass is 16.5. The second kappa shape index (κ2) is 5.68. The smallest absolute Gasteiger partial charge is 0.253 e. The number of nitrogens with zero attached hydrogens (tertiary/aromatic N) is 3. The van der Waals surface area contributed by atoms with E-state index >= 15 is 0 Å². The van der Waals surface area contributed by atoms with E-state index in [-0.39, 0.29) is 17.9 Å². The third-order valence-corrected chi connectivity index (χ3v) is 4.67. The molecule has 2 aliphatic rings. The van der Waals surface area contributed by atoms with E-state index in [1.54, 1.807) is 0 Å². The number of likely N-dealkylation sites (tertiary alicyclic amines) is 1. The van der Waals surface area contributed by atoms with Crippen LogP contribution in [-0.2, 0) is 6.42 Å². The van der Waals surface area contributed by atoms with Crippen molar-refractivity contribution in [3.8, 4) is 5.75 Å². The highest BCUT2D eigenvalue weighted by Crippen LogP contribution is 2.31. The van der Waals surface area contributed by atoms with Crippen LogP contribution in [-0.4, -0.2) is 40.1 Å². The maximum Gasteiger partial charge on any atom is 0.253 e. The Labute approximate surface area is 134 Å². The molecule has 2 aliphatic heterocycles. The molecule has 0 N–H and O–H groups in total. The van der Waals surface area contributed by atoms with E-state index in [0.717, 1.165) is 55.1 Å². The second-order valence-corrected chi connectivity index (χ2v) is 6.31. The zero-order chi connectivity index (χ0) is 15.8. The zero-order valence-corrected chi connectivity index (χ0v) is 13.1. The topological polar surface area (TPSA) is 68.5 Å². The first-order valence-corrected chi connectivity index (χ1v) is 8.06. The minimum atomic E-state index is 0.0962. The van der Waals surface area contributed by atoms with Crippen LogP contribution in [0.25, 0.3) is 0 Å². The Morgan fingerprint density at radius 3 is 2.87 bits per heavy atom. The minimum Gasteiger partial charge on any atom is -0.490 e. The molecule has 0 spiro atoms. The number of carbonyl (C=O) groups is 1. The van der Waals surface area contributed by atoms with Gasteiger partial charge in [0.15, 0.2) is 5.82 Å². The predicted molar refractivity (Wildman–Crippen MR) is 82.4 cm³/mol. The Kier molecular flexibility index (Phi) is 3.52. The van der Waals surface area contributed by atoms with Crippen LogP contribution in [0.1, 0.15) is 47.4 Å². The van der Waals surface area contributed by atoms with Crippen molar-refractivity contribution in [1.29, 1.82) is 0 Å². The maximum absolute atomic E-state index is 12.7. The van der Waals surface area contributed by atoms with Gasteiger partial charge in [-0.25, -0.2) is 0 Å². The molecule has 1 amide bonds. The van der Waals surface area contributed by atoms with Crippen molar-refractivity contribution in [1.82, 2.24) is 15.0 Å². The molecule has 0 saturated carbocycles. The molecule has 2 aromatic rings. The van der Waals surface area contributed by atoms with Crippen molar-refractivity contribution in [3.05, 3.63) is 41.5 Å². The molecular formula is C17H19N3O3. The van der Waals surface area contributed by atoms with Crippen LogP contribution in [0.15, 0.2) is 29.1 Å². The molecular weight excluding hydrogens is 294 g/mol. The number of carbonyl (C=O) groups excluding carboxylic acids is 1. The largest absolute Gasteiger partial charge is 0.490 e. The van der Waals surface area contributed by atoms with E-state index in [1.807, 2.05) is 30.0 Å². The third-order valence-electron chi connectivity index (χ3n) is 4.67. The molecule has 6 nitrogen and oxygen atoms in total. The van der Waals surface area contributed by atoms with E-state index in [4.69, 9.17) is 9.26 Å². The summed E-state index contributed by atoms with van der Waals surface area (Å²) in [6, 6.07) is 5.76. The number of rotatable bonds is 2. The second-order valence-electron chi connectivity index (χ2n) is 6.31. The average molecular weight is 313 g/mol. The van der Waals surface area contributed by atoms with Gasteiger partial charge < -0.3 is 14.2 Å². The van der Waals surface area contributed by atoms with Crippen LogP contribution < -0.4 is 4.74 Å². The summed E-state index contributed by atoms with van der Waals surface area (Å²) in [5.41, 5.74) is 1.88. The Hall–Kier alpha value is -2.37. The molecule has 0 aliphatic carbocycles. The molecule has 0 unspecified atom stereocenters. The first kappa shape index (κ1) is 14.2. The number of aromatic nitrogens is 2. The predicted octanol–water partition coefficient (Wildman–Crippen LogP) is 2.41. The number of fused-ring (bicyclic) bond motifs is 1. The Morgan fingerprint density at radius 1 is 1.30 bits per heavy atom. The summed E-state index contributed by atoms with van der Waals surface area (Å²) in [6.07, 6.45) is 4.17. The zero-order valence-electron chi connectivity index (χ0n) is 13.1. The van der Waals surface area contributed by atoms with Crippen LogP contribution >= 0.6 is 0 Å². The normalized spacial score (nSPS) is 21.1. The van der Waals surface area contributed by atoms with Crippen molar-refractivity contribution < 1.29 is 14.1 Å². The SMILES string of the molecule is C[C@H]1Cc2cc(C(=O)N3CCC(c4ncon4)CC3)ccc2O1. The Bertz CT molecular complexity index is 706. The van der Waals surface area contributed by atoms with Gasteiger partial charge in [0.1, 0.15) is 11.9 Å². The third kappa shape index (κ3) is 2.69. The van der Waals surface area contributed by atoms with Crippen molar-refractivity contribution in [2.45, 2.75) is 38.2 Å². The average Bonchev–Trinajstić information content (AvgIpc) is 3.22. The molecule has 1 aromatic carbocycles. The lowest BCUT2D eigenvalue weighted by Crippen LogP contribution is -2.38. The van der Waals surface area contributed by atoms with Gasteiger partial charge in [-0.2, -0.15) is 4.98 Å². The molecule has 23 heavy (non-hydrogen) atoms. The fourth-order valence-corrected chi connectivity index (χ4v) is 3.44. The van der Waals surface area contributed by atoms with Crippen LogP contribution in [0, 0.1) is 0 Å². The number of piperidine rings is 1. The fraction of sp³-hybridized carbons (Fsp3) is 0.471. The summed E-state index contributed by atoms with van der Waals surface area (Å²) in [5.74, 6) is 2.04. The summed E-state index contributed by atoms with van der Waals surface area (Å²) < 4.78 is 10.5. The van der Waals surface area contributed by atoms with Crippen LogP contribution in [0.4, 0.5) is 0 Å². The lowest BCUT2D eigenvalue weighted by atomic mass is 9.95. The molecule has 1 aromatic heterocycles. The van der Waals surface area contributed by atoms with Gasteiger partial charge in [-0.3, -0.25) is 4.79 Å². The first-order chi connectivity index (χ1) is 11.2. The van der Waals surface area contributed by atoms with E-state index in [9.17, 15) is 4.79 Å². The standard InChI is InChI=1S/C17H19N3O3/c1-11-8-14-9-13(2-3-15(14)23-11)17(21)20-6-4-12(5-7-20)16-18-10-22-19-16/h2-3,9-12H,4-8H2,1H3/t11-/m0/s1. The highest BCUT2D eigenvalue weighted by Gasteiger charge is 2.28. The number of hydrogen-bond acceptors (Lipinski definition) is 5. The van der Waals surface area contributed by atoms with Gasteiger partial charge >= 0.3 is 0 Å². The van der Waals surface area contributed by atoms with E-state index in [0.29, 0.717) is 0 Å². The lowest BCUT2D eigenvalue weighted by molar-refractivity contribution is 0.0710. The number of benzene rings is 1. The van der Waals surface area contributed by atoms with Gasteiger partial charge in [0, 0.05) is 31.0 Å². The molecule has 0 radical (unpaired) electrons. The van der Waals surface area contributed by atoms with Gasteiger partial charge in [-0.15, -0.1) is 0 Å². The number of amides is 1. The van der Waals surface area contributed by atoms with Gasteiger partial charge in [-0.05, 0) is 43.5 Å². The lowest BCUT2D eigenvalue weighted by Gasteiger charge is -2.30. The molecule has 6 heteroatoms. The fourth-order valence-electron chi connectivity index (χ4n) is 3.44. The highest BCUT2D eigenvalue weighted by molar-refractivity contribution is 5.94. The molecule has 1 atom stereocenters. The van der Waals surface area contributed by atoms with E-state index in [2.05, 4.69) is 10.1 Å². The molecule has 3 heterocycles. The maximum atomic E-state index is 12.7. The summed E-state index contributed by atoms with van der Waals surface area (Å²) in [4.78, 5) is 18.7. The molecule has 0 bridgehead atoms. The molecule has 1 fully saturated rings. The quantitative estimate of drug-likeness (QED) is 0.851. The van der Waals surface area contributed by atoms with Crippen LogP contribution in [0.2, 0.25) is 0 Å². The Morgan fingerprint density at radius 2 is 2.13 bits per heavy atom. The van der Waals surface area contributed by atoms with Crippen molar-refractivity contribution in [3.63, 3.8) is 0 Å². The summed E-state index contributed by atoms with van der Waals surface area (Å²) in [7, 11) is 0. The van der Waals surface area contributed by atoms with Crippen LogP contribution in [0.3, 0.4) is 0 Å². The van der Waals surface area contributed by atoms with E-state index in [1.165, 1.54) is 6.39 Å². The monoisotopic (exact) mass is 313 g/mol. The minimum absolute atomic E-state index is 0.0962. The van der Waals surface area contributed by atoms with Crippen molar-refractivity contribution in [2.24, 2.45) is 0 Å². The summed E-state index contributed by atoms with van der Waals surface area (Å²) in [6.45, 7) is 3.49. The molecule has 120 valence electrons. The molecule has 1 saturated heterocycles. The Balaban J connectivity index is 1.43. The van der Waals surface area contributed by atoms with Crippen molar-refractivity contribution >= 4 is 5.91 Å². The van der Waals surface area contributed by atoms with Gasteiger partial charge in [0.2, 0.25) is 6.39 Å². The van der Waals surface area contributed by atoms with Crippen LogP contribution in [0.5, 0.6) is 5.75 Å². The molecule has 4 rings (SSSR count). The van der Waals surface area contributed by atoms with Crippen molar-refractivity contribution in [2.75, 3.05) is 13.1 Å². The number of hydrogen-bond donors (Lipinski definition) is 0. The summed E-state index contributed by atoms with van der Waals surface area (Å²) in [5, 5.41) is 3.91.